The molecule has 0 aliphatic heterocycles. The third-order valence-electron chi connectivity index (χ3n) is 5.22. The van der Waals surface area contributed by atoms with Gasteiger partial charge < -0.3 is 10.4 Å². The number of aliphatic carboxylic acids is 1. The highest BCUT2D eigenvalue weighted by Gasteiger charge is 2.15. The fourth-order valence-corrected chi connectivity index (χ4v) is 4.42. The first-order valence-corrected chi connectivity index (χ1v) is 11.5. The van der Waals surface area contributed by atoms with Gasteiger partial charge in [0.2, 0.25) is 5.91 Å². The van der Waals surface area contributed by atoms with Gasteiger partial charge in [0.15, 0.2) is 0 Å². The highest BCUT2D eigenvalue weighted by atomic mass is 35.5. The van der Waals surface area contributed by atoms with Crippen molar-refractivity contribution in [3.63, 3.8) is 0 Å². The first-order valence-electron chi connectivity index (χ1n) is 10.8. The molecule has 3 aromatic rings. The van der Waals surface area contributed by atoms with E-state index in [1.165, 1.54) is 0 Å². The Morgan fingerprint density at radius 1 is 0.971 bits per heavy atom. The second-order valence-corrected chi connectivity index (χ2v) is 9.32. The lowest BCUT2D eigenvalue weighted by Crippen LogP contribution is -2.14. The van der Waals surface area contributed by atoms with E-state index in [0.29, 0.717) is 38.3 Å². The maximum absolute atomic E-state index is 12.5. The van der Waals surface area contributed by atoms with Crippen LogP contribution in [0.2, 0.25) is 10.0 Å². The Morgan fingerprint density at radius 2 is 1.56 bits per heavy atom. The lowest BCUT2D eigenvalue weighted by atomic mass is 9.94. The van der Waals surface area contributed by atoms with Crippen LogP contribution >= 0.6 is 23.2 Å². The zero-order valence-corrected chi connectivity index (χ0v) is 20.4. The molecular formula is C27H24Cl2N2O3. The highest BCUT2D eigenvalue weighted by Crippen LogP contribution is 2.38. The van der Waals surface area contributed by atoms with Gasteiger partial charge in [-0.25, -0.2) is 0 Å². The standard InChI is InChI=1S/C27H24Cl2N2O3/c1-16(2)9-19-7-8-20(12-21(19)15-30)27-23(28)13-22(14-24(27)29)31-25(32)10-17-3-5-18(6-4-17)11-26(33)34/h3-8,12-14,16H,9-11H2,1-2H3,(H,31,32)(H,33,34). The molecule has 0 fully saturated rings. The minimum Gasteiger partial charge on any atom is -0.481 e. The van der Waals surface area contributed by atoms with Gasteiger partial charge in [0, 0.05) is 11.3 Å². The molecule has 0 aromatic heterocycles. The molecule has 0 saturated carbocycles. The van der Waals surface area contributed by atoms with Crippen molar-refractivity contribution in [1.29, 1.82) is 5.26 Å². The SMILES string of the molecule is CC(C)Cc1ccc(-c2c(Cl)cc(NC(=O)Cc3ccc(CC(=O)O)cc3)cc2Cl)cc1C#N. The number of hydrogen-bond donors (Lipinski definition) is 2. The van der Waals surface area contributed by atoms with E-state index in [1.807, 2.05) is 12.1 Å². The third-order valence-corrected chi connectivity index (χ3v) is 5.81. The predicted molar refractivity (Wildman–Crippen MR) is 135 cm³/mol. The normalized spacial score (nSPS) is 10.7. The number of nitrogens with one attached hydrogen (secondary N) is 1. The fourth-order valence-electron chi connectivity index (χ4n) is 3.72. The van der Waals surface area contributed by atoms with Crippen LogP contribution in [-0.2, 0) is 28.9 Å². The quantitative estimate of drug-likeness (QED) is 0.371. The molecule has 0 saturated heterocycles. The molecule has 34 heavy (non-hydrogen) atoms. The van der Waals surface area contributed by atoms with Crippen LogP contribution in [0.25, 0.3) is 11.1 Å². The summed E-state index contributed by atoms with van der Waals surface area (Å²) in [5.74, 6) is -0.732. The number of hydrogen-bond acceptors (Lipinski definition) is 3. The van der Waals surface area contributed by atoms with Gasteiger partial charge in [-0.2, -0.15) is 5.26 Å². The van der Waals surface area contributed by atoms with Gasteiger partial charge in [0.05, 0.1) is 34.5 Å². The van der Waals surface area contributed by atoms with Crippen LogP contribution in [0.3, 0.4) is 0 Å². The molecule has 0 heterocycles. The van der Waals surface area contributed by atoms with Gasteiger partial charge in [-0.15, -0.1) is 0 Å². The molecule has 174 valence electrons. The number of carbonyl (C=O) groups is 2. The summed E-state index contributed by atoms with van der Waals surface area (Å²) in [6.45, 7) is 4.20. The van der Waals surface area contributed by atoms with Crippen molar-refractivity contribution < 1.29 is 14.7 Å². The smallest absolute Gasteiger partial charge is 0.307 e. The molecule has 0 spiro atoms. The summed E-state index contributed by atoms with van der Waals surface area (Å²) >= 11 is 13.0. The molecule has 0 atom stereocenters. The minimum atomic E-state index is -0.905. The molecule has 3 aromatic carbocycles. The van der Waals surface area contributed by atoms with Crippen LogP contribution in [-0.4, -0.2) is 17.0 Å². The number of carboxylic acid groups (broad SMARTS) is 1. The molecular weight excluding hydrogens is 471 g/mol. The predicted octanol–water partition coefficient (Wildman–Crippen LogP) is 6.54. The zero-order valence-electron chi connectivity index (χ0n) is 18.9. The third kappa shape index (κ3) is 6.60. The van der Waals surface area contributed by atoms with E-state index in [2.05, 4.69) is 25.2 Å². The highest BCUT2D eigenvalue weighted by molar-refractivity contribution is 6.39. The van der Waals surface area contributed by atoms with E-state index >= 15 is 0 Å². The summed E-state index contributed by atoms with van der Waals surface area (Å²) < 4.78 is 0. The monoisotopic (exact) mass is 494 g/mol. The average Bonchev–Trinajstić information content (AvgIpc) is 2.74. The summed E-state index contributed by atoms with van der Waals surface area (Å²) in [6.07, 6.45) is 0.858. The number of rotatable bonds is 8. The Labute approximate surface area is 208 Å². The number of carbonyl (C=O) groups excluding carboxylic acids is 1. The van der Waals surface area contributed by atoms with E-state index in [1.54, 1.807) is 42.5 Å². The number of amides is 1. The molecule has 0 unspecified atom stereocenters. The second kappa shape index (κ2) is 11.2. The number of anilines is 1. The Hall–Kier alpha value is -3.33. The van der Waals surface area contributed by atoms with Crippen molar-refractivity contribution in [2.45, 2.75) is 33.1 Å². The molecule has 2 N–H and O–H groups in total. The van der Waals surface area contributed by atoms with Gasteiger partial charge in [-0.3, -0.25) is 9.59 Å². The number of halogens is 2. The average molecular weight is 495 g/mol. The number of nitrogens with zero attached hydrogens (tertiary/aromatic N) is 1. The summed E-state index contributed by atoms with van der Waals surface area (Å²) in [5, 5.41) is 21.9. The van der Waals surface area contributed by atoms with Crippen molar-refractivity contribution in [3.8, 4) is 17.2 Å². The summed E-state index contributed by atoms with van der Waals surface area (Å²) in [7, 11) is 0. The summed E-state index contributed by atoms with van der Waals surface area (Å²) in [5.41, 5.74) is 4.79. The lowest BCUT2D eigenvalue weighted by molar-refractivity contribution is -0.136. The van der Waals surface area contributed by atoms with Crippen LogP contribution in [0.4, 0.5) is 5.69 Å². The first-order chi connectivity index (χ1) is 16.2. The van der Waals surface area contributed by atoms with Crippen molar-refractivity contribution in [3.05, 3.63) is 86.9 Å². The van der Waals surface area contributed by atoms with E-state index in [9.17, 15) is 14.9 Å². The Bertz CT molecular complexity index is 1240. The summed E-state index contributed by atoms with van der Waals surface area (Å²) in [6, 6.07) is 18.0. The number of nitriles is 1. The van der Waals surface area contributed by atoms with E-state index < -0.39 is 5.97 Å². The van der Waals surface area contributed by atoms with Crippen LogP contribution in [0.15, 0.2) is 54.6 Å². The van der Waals surface area contributed by atoms with Crippen LogP contribution in [0.1, 0.15) is 36.1 Å². The van der Waals surface area contributed by atoms with Crippen molar-refractivity contribution >= 4 is 40.8 Å². The Kier molecular flexibility index (Phi) is 8.33. The van der Waals surface area contributed by atoms with Crippen LogP contribution in [0.5, 0.6) is 0 Å². The summed E-state index contributed by atoms with van der Waals surface area (Å²) in [4.78, 5) is 23.3. The minimum absolute atomic E-state index is 0.0634. The van der Waals surface area contributed by atoms with Crippen molar-refractivity contribution in [2.75, 3.05) is 5.32 Å². The lowest BCUT2D eigenvalue weighted by Gasteiger charge is -2.14. The Balaban J connectivity index is 1.76. The molecule has 7 heteroatoms. The maximum Gasteiger partial charge on any atom is 0.307 e. The zero-order chi connectivity index (χ0) is 24.8. The van der Waals surface area contributed by atoms with E-state index in [-0.39, 0.29) is 18.7 Å². The van der Waals surface area contributed by atoms with Crippen LogP contribution < -0.4 is 5.32 Å². The van der Waals surface area contributed by atoms with Gasteiger partial charge in [-0.05, 0) is 52.8 Å². The molecule has 3 rings (SSSR count). The molecule has 0 aliphatic rings. The van der Waals surface area contributed by atoms with Gasteiger partial charge in [-0.1, -0.05) is 73.4 Å². The molecule has 0 bridgehead atoms. The molecule has 1 amide bonds. The van der Waals surface area contributed by atoms with Crippen molar-refractivity contribution in [2.24, 2.45) is 5.92 Å². The van der Waals surface area contributed by atoms with Crippen LogP contribution in [0, 0.1) is 17.2 Å². The van der Waals surface area contributed by atoms with Crippen molar-refractivity contribution in [1.82, 2.24) is 0 Å². The Morgan fingerprint density at radius 3 is 2.09 bits per heavy atom. The number of benzene rings is 3. The molecule has 0 radical (unpaired) electrons. The topological polar surface area (TPSA) is 90.2 Å². The first kappa shape index (κ1) is 25.3. The molecule has 5 nitrogen and oxygen atoms in total. The largest absolute Gasteiger partial charge is 0.481 e. The molecule has 0 aliphatic carbocycles. The maximum atomic E-state index is 12.5. The van der Waals surface area contributed by atoms with Gasteiger partial charge in [0.25, 0.3) is 0 Å². The fraction of sp³-hybridized carbons (Fsp3) is 0.222. The number of carboxylic acids is 1. The van der Waals surface area contributed by atoms with Gasteiger partial charge >= 0.3 is 5.97 Å². The second-order valence-electron chi connectivity index (χ2n) is 8.51. The van der Waals surface area contributed by atoms with E-state index in [0.717, 1.165) is 23.1 Å². The van der Waals surface area contributed by atoms with E-state index in [4.69, 9.17) is 28.3 Å². The van der Waals surface area contributed by atoms with Gasteiger partial charge in [0.1, 0.15) is 0 Å².